The van der Waals surface area contributed by atoms with Gasteiger partial charge in [-0.1, -0.05) is 30.3 Å². The molecule has 0 spiro atoms. The van der Waals surface area contributed by atoms with E-state index >= 15 is 0 Å². The summed E-state index contributed by atoms with van der Waals surface area (Å²) in [5, 5.41) is 7.79. The maximum Gasteiger partial charge on any atom is 0.241 e. The van der Waals surface area contributed by atoms with E-state index < -0.39 is 16.1 Å². The number of nitrogens with one attached hydrogen (secondary N) is 1. The lowest BCUT2D eigenvalue weighted by atomic mass is 10.1. The van der Waals surface area contributed by atoms with E-state index in [1.165, 1.54) is 13.2 Å². The molecule has 136 valence electrons. The van der Waals surface area contributed by atoms with E-state index in [1.54, 1.807) is 38.1 Å². The van der Waals surface area contributed by atoms with Crippen LogP contribution in [0, 0.1) is 13.8 Å². The van der Waals surface area contributed by atoms with E-state index in [-0.39, 0.29) is 10.8 Å². The van der Waals surface area contributed by atoms with Gasteiger partial charge in [-0.2, -0.15) is 4.72 Å². The fraction of sp³-hybridized carbons (Fsp3) is 0.222. The molecule has 26 heavy (non-hydrogen) atoms. The number of benzene rings is 2. The fourth-order valence-corrected chi connectivity index (χ4v) is 3.84. The first kappa shape index (κ1) is 18.1. The lowest BCUT2D eigenvalue weighted by molar-refractivity contribution is 0.411. The molecule has 3 rings (SSSR count). The van der Waals surface area contributed by atoms with Crippen molar-refractivity contribution in [2.24, 2.45) is 0 Å². The number of nitrogens with zero attached hydrogens (tertiary/aromatic N) is 2. The Balaban J connectivity index is 1.99. The second-order valence-corrected chi connectivity index (χ2v) is 7.47. The number of rotatable bonds is 6. The molecule has 1 N–H and O–H groups in total. The summed E-state index contributed by atoms with van der Waals surface area (Å²) in [4.78, 5) is 0.132. The zero-order valence-electron chi connectivity index (χ0n) is 14.6. The summed E-state index contributed by atoms with van der Waals surface area (Å²) < 4.78 is 39.1. The van der Waals surface area contributed by atoms with Gasteiger partial charge in [0.15, 0.2) is 0 Å². The third kappa shape index (κ3) is 3.76. The van der Waals surface area contributed by atoms with Gasteiger partial charge in [0.2, 0.25) is 21.8 Å². The third-order valence-electron chi connectivity index (χ3n) is 3.87. The van der Waals surface area contributed by atoms with Gasteiger partial charge < -0.3 is 9.15 Å². The minimum absolute atomic E-state index is 0.132. The van der Waals surface area contributed by atoms with Gasteiger partial charge in [0, 0.05) is 6.92 Å². The lowest BCUT2D eigenvalue weighted by Crippen LogP contribution is -2.29. The highest BCUT2D eigenvalue weighted by Gasteiger charge is 2.27. The van der Waals surface area contributed by atoms with Crippen LogP contribution in [-0.4, -0.2) is 25.7 Å². The first-order chi connectivity index (χ1) is 12.4. The summed E-state index contributed by atoms with van der Waals surface area (Å²) in [5.41, 5.74) is 1.42. The first-order valence-electron chi connectivity index (χ1n) is 7.92. The quantitative estimate of drug-likeness (QED) is 0.714. The van der Waals surface area contributed by atoms with Crippen LogP contribution in [0.3, 0.4) is 0 Å². The monoisotopic (exact) mass is 373 g/mol. The summed E-state index contributed by atoms with van der Waals surface area (Å²) in [6, 6.07) is 13.0. The molecule has 0 aliphatic carbocycles. The topological polar surface area (TPSA) is 94.3 Å². The van der Waals surface area contributed by atoms with Gasteiger partial charge in [-0.3, -0.25) is 0 Å². The molecular formula is C18H19N3O4S. The van der Waals surface area contributed by atoms with Gasteiger partial charge in [0.1, 0.15) is 11.8 Å². The van der Waals surface area contributed by atoms with Crippen molar-refractivity contribution < 1.29 is 17.6 Å². The normalized spacial score (nSPS) is 12.7. The van der Waals surface area contributed by atoms with Gasteiger partial charge >= 0.3 is 0 Å². The summed E-state index contributed by atoms with van der Waals surface area (Å²) >= 11 is 0. The summed E-state index contributed by atoms with van der Waals surface area (Å²) in [5.74, 6) is 1.17. The number of methoxy groups -OCH3 is 1. The summed E-state index contributed by atoms with van der Waals surface area (Å²) in [7, 11) is -2.29. The highest BCUT2D eigenvalue weighted by atomic mass is 32.2. The standard InChI is InChI=1S/C18H19N3O4S/c1-12-11-15(9-10-16(12)24-3)26(22,23)21-17(14-7-5-4-6-8-14)18-20-19-13(2)25-18/h4-11,17,21H,1-3H3. The van der Waals surface area contributed by atoms with Crippen LogP contribution in [0.4, 0.5) is 0 Å². The van der Waals surface area contributed by atoms with Gasteiger partial charge in [-0.05, 0) is 36.2 Å². The largest absolute Gasteiger partial charge is 0.496 e. The van der Waals surface area contributed by atoms with Crippen LogP contribution in [0.25, 0.3) is 0 Å². The minimum Gasteiger partial charge on any atom is -0.496 e. The molecule has 0 radical (unpaired) electrons. The Morgan fingerprint density at radius 2 is 1.81 bits per heavy atom. The molecule has 0 fully saturated rings. The second kappa shape index (κ2) is 7.27. The van der Waals surface area contributed by atoms with Crippen LogP contribution in [0.15, 0.2) is 57.8 Å². The van der Waals surface area contributed by atoms with Gasteiger partial charge in [-0.15, -0.1) is 10.2 Å². The van der Waals surface area contributed by atoms with E-state index in [9.17, 15) is 8.42 Å². The van der Waals surface area contributed by atoms with E-state index in [2.05, 4.69) is 14.9 Å². The van der Waals surface area contributed by atoms with Crippen LogP contribution >= 0.6 is 0 Å². The Labute approximate surface area is 152 Å². The molecule has 0 amide bonds. The van der Waals surface area contributed by atoms with Crippen molar-refractivity contribution in [3.63, 3.8) is 0 Å². The molecule has 0 aliphatic rings. The van der Waals surface area contributed by atoms with Crippen molar-refractivity contribution in [2.75, 3.05) is 7.11 Å². The van der Waals surface area contributed by atoms with Crippen LogP contribution < -0.4 is 9.46 Å². The van der Waals surface area contributed by atoms with E-state index in [1.807, 2.05) is 18.2 Å². The highest BCUT2D eigenvalue weighted by molar-refractivity contribution is 7.89. The Hall–Kier alpha value is -2.71. The maximum atomic E-state index is 12.9. The van der Waals surface area contributed by atoms with Crippen molar-refractivity contribution in [1.82, 2.24) is 14.9 Å². The number of ether oxygens (including phenoxy) is 1. The fourth-order valence-electron chi connectivity index (χ4n) is 2.58. The molecule has 1 heterocycles. The Morgan fingerprint density at radius 3 is 2.38 bits per heavy atom. The number of hydrogen-bond donors (Lipinski definition) is 1. The SMILES string of the molecule is COc1ccc(S(=O)(=O)NC(c2ccccc2)c2nnc(C)o2)cc1C. The Morgan fingerprint density at radius 1 is 1.08 bits per heavy atom. The third-order valence-corrected chi connectivity index (χ3v) is 5.29. The molecule has 7 nitrogen and oxygen atoms in total. The Kier molecular flexibility index (Phi) is 5.06. The first-order valence-corrected chi connectivity index (χ1v) is 9.41. The molecule has 0 saturated carbocycles. The summed E-state index contributed by atoms with van der Waals surface area (Å²) in [6.45, 7) is 3.44. The minimum atomic E-state index is -3.83. The predicted molar refractivity (Wildman–Crippen MR) is 95.4 cm³/mol. The van der Waals surface area contributed by atoms with E-state index in [0.29, 0.717) is 17.2 Å². The van der Waals surface area contributed by atoms with Crippen molar-refractivity contribution >= 4 is 10.0 Å². The van der Waals surface area contributed by atoms with Gasteiger partial charge in [-0.25, -0.2) is 8.42 Å². The number of sulfonamides is 1. The number of hydrogen-bond acceptors (Lipinski definition) is 6. The maximum absolute atomic E-state index is 12.9. The highest BCUT2D eigenvalue weighted by Crippen LogP contribution is 2.26. The molecule has 2 aromatic carbocycles. The molecule has 1 atom stereocenters. The number of aromatic nitrogens is 2. The van der Waals surface area contributed by atoms with Gasteiger partial charge in [0.25, 0.3) is 0 Å². The van der Waals surface area contributed by atoms with E-state index in [0.717, 1.165) is 5.56 Å². The van der Waals surface area contributed by atoms with Crippen LogP contribution in [0.2, 0.25) is 0 Å². The number of aryl methyl sites for hydroxylation is 2. The van der Waals surface area contributed by atoms with E-state index in [4.69, 9.17) is 9.15 Å². The smallest absolute Gasteiger partial charge is 0.241 e. The predicted octanol–water partition coefficient (Wildman–Crippen LogP) is 2.76. The lowest BCUT2D eigenvalue weighted by Gasteiger charge is -2.16. The second-order valence-electron chi connectivity index (χ2n) is 5.76. The summed E-state index contributed by atoms with van der Waals surface area (Å²) in [6.07, 6.45) is 0. The van der Waals surface area contributed by atoms with Crippen molar-refractivity contribution in [3.05, 3.63) is 71.4 Å². The van der Waals surface area contributed by atoms with Crippen LogP contribution in [0.5, 0.6) is 5.75 Å². The molecule has 0 aliphatic heterocycles. The molecule has 1 unspecified atom stereocenters. The van der Waals surface area contributed by atoms with Gasteiger partial charge in [0.05, 0.1) is 12.0 Å². The molecular weight excluding hydrogens is 354 g/mol. The average molecular weight is 373 g/mol. The molecule has 0 bridgehead atoms. The van der Waals surface area contributed by atoms with Crippen LogP contribution in [0.1, 0.15) is 29.0 Å². The zero-order chi connectivity index (χ0) is 18.7. The van der Waals surface area contributed by atoms with Crippen molar-refractivity contribution in [1.29, 1.82) is 0 Å². The Bertz CT molecular complexity index is 1000. The average Bonchev–Trinajstić information content (AvgIpc) is 3.06. The molecule has 0 saturated heterocycles. The molecule has 3 aromatic rings. The molecule has 8 heteroatoms. The zero-order valence-corrected chi connectivity index (χ0v) is 15.4. The van der Waals surface area contributed by atoms with Crippen molar-refractivity contribution in [3.8, 4) is 5.75 Å². The van der Waals surface area contributed by atoms with Crippen LogP contribution in [-0.2, 0) is 10.0 Å². The van der Waals surface area contributed by atoms with Crippen molar-refractivity contribution in [2.45, 2.75) is 24.8 Å². The molecule has 1 aromatic heterocycles.